The van der Waals surface area contributed by atoms with Crippen LogP contribution in [0.2, 0.25) is 0 Å². The third-order valence-corrected chi connectivity index (χ3v) is 5.09. The summed E-state index contributed by atoms with van der Waals surface area (Å²) < 4.78 is 11.2. The van der Waals surface area contributed by atoms with Crippen molar-refractivity contribution in [2.45, 2.75) is 32.1 Å². The van der Waals surface area contributed by atoms with Gasteiger partial charge in [-0.25, -0.2) is 0 Å². The Morgan fingerprint density at radius 3 is 2.89 bits per heavy atom. The maximum Gasteiger partial charge on any atom is 0.302 e. The predicted molar refractivity (Wildman–Crippen MR) is 100.0 cm³/mol. The van der Waals surface area contributed by atoms with Crippen LogP contribution in [-0.4, -0.2) is 22.5 Å². The first-order chi connectivity index (χ1) is 13.3. The maximum atomic E-state index is 12.6. The minimum atomic E-state index is -0.271. The molecule has 3 heterocycles. The minimum absolute atomic E-state index is 0.270. The second-order valence-electron chi connectivity index (χ2n) is 6.93. The largest absolute Gasteiger partial charge is 0.493 e. The molecule has 1 N–H and O–H groups in total. The summed E-state index contributed by atoms with van der Waals surface area (Å²) in [6.45, 7) is 0.722. The topological polar surface area (TPSA) is 77.3 Å². The highest BCUT2D eigenvalue weighted by atomic mass is 16.5. The smallest absolute Gasteiger partial charge is 0.302 e. The van der Waals surface area contributed by atoms with Gasteiger partial charge in [0, 0.05) is 30.8 Å². The summed E-state index contributed by atoms with van der Waals surface area (Å²) in [6, 6.07) is 8.17. The summed E-state index contributed by atoms with van der Waals surface area (Å²) in [5.74, 6) is 1.56. The standard InChI is InChI=1S/C21H19N3O3/c25-20(24-21-23-17-3-1-2-4-19(17)27-21)16-10-15(11-22-12-16)13-5-6-18-14(9-13)7-8-26-18/h5-6,9-12H,1-4,7-8H2,(H,23,24,25). The van der Waals surface area contributed by atoms with Gasteiger partial charge in [0.05, 0.1) is 17.9 Å². The number of oxazole rings is 1. The van der Waals surface area contributed by atoms with Crippen LogP contribution < -0.4 is 10.1 Å². The highest BCUT2D eigenvalue weighted by Crippen LogP contribution is 2.30. The molecule has 1 aliphatic carbocycles. The number of anilines is 1. The third-order valence-electron chi connectivity index (χ3n) is 5.09. The lowest BCUT2D eigenvalue weighted by molar-refractivity contribution is 0.102. The van der Waals surface area contributed by atoms with Crippen LogP contribution in [0.4, 0.5) is 6.01 Å². The summed E-state index contributed by atoms with van der Waals surface area (Å²) >= 11 is 0. The van der Waals surface area contributed by atoms with Crippen molar-refractivity contribution >= 4 is 11.9 Å². The Hall–Kier alpha value is -3.15. The number of carbonyl (C=O) groups excluding carboxylic acids is 1. The van der Waals surface area contributed by atoms with Gasteiger partial charge >= 0.3 is 6.01 Å². The number of rotatable bonds is 3. The Morgan fingerprint density at radius 1 is 1.04 bits per heavy atom. The first-order valence-electron chi connectivity index (χ1n) is 9.27. The van der Waals surface area contributed by atoms with E-state index in [0.29, 0.717) is 5.56 Å². The molecule has 136 valence electrons. The molecule has 1 aromatic carbocycles. The van der Waals surface area contributed by atoms with Crippen LogP contribution in [0.5, 0.6) is 5.75 Å². The highest BCUT2D eigenvalue weighted by molar-refractivity contribution is 6.03. The Labute approximate surface area is 156 Å². The quantitative estimate of drug-likeness (QED) is 0.768. The van der Waals surface area contributed by atoms with E-state index in [2.05, 4.69) is 21.4 Å². The fourth-order valence-corrected chi connectivity index (χ4v) is 3.66. The molecule has 0 spiro atoms. The van der Waals surface area contributed by atoms with Crippen molar-refractivity contribution in [3.63, 3.8) is 0 Å². The average Bonchev–Trinajstić information content (AvgIpc) is 3.33. The van der Waals surface area contributed by atoms with Crippen molar-refractivity contribution in [2.75, 3.05) is 11.9 Å². The van der Waals surface area contributed by atoms with E-state index in [9.17, 15) is 4.79 Å². The van der Waals surface area contributed by atoms with Crippen molar-refractivity contribution in [1.82, 2.24) is 9.97 Å². The monoisotopic (exact) mass is 361 g/mol. The molecule has 0 bridgehead atoms. The molecular weight excluding hydrogens is 342 g/mol. The summed E-state index contributed by atoms with van der Waals surface area (Å²) in [7, 11) is 0. The highest BCUT2D eigenvalue weighted by Gasteiger charge is 2.19. The molecule has 1 aliphatic heterocycles. The van der Waals surface area contributed by atoms with Gasteiger partial charge in [-0.3, -0.25) is 15.1 Å². The normalized spacial score (nSPS) is 15.0. The van der Waals surface area contributed by atoms with Gasteiger partial charge in [0.25, 0.3) is 5.91 Å². The number of benzene rings is 1. The number of ether oxygens (including phenoxy) is 1. The van der Waals surface area contributed by atoms with Crippen LogP contribution in [0, 0.1) is 0 Å². The number of aryl methyl sites for hydroxylation is 2. The van der Waals surface area contributed by atoms with Gasteiger partial charge in [-0.1, -0.05) is 6.07 Å². The predicted octanol–water partition coefficient (Wildman–Crippen LogP) is 3.80. The summed E-state index contributed by atoms with van der Waals surface area (Å²) in [5, 5.41) is 2.76. The number of hydrogen-bond donors (Lipinski definition) is 1. The Bertz CT molecular complexity index is 1000. The summed E-state index contributed by atoms with van der Waals surface area (Å²) in [5.41, 5.74) is 4.54. The van der Waals surface area contributed by atoms with Gasteiger partial charge in [-0.05, 0) is 48.6 Å². The number of carbonyl (C=O) groups is 1. The van der Waals surface area contributed by atoms with Crippen LogP contribution in [0.15, 0.2) is 41.1 Å². The van der Waals surface area contributed by atoms with Gasteiger partial charge < -0.3 is 9.15 Å². The van der Waals surface area contributed by atoms with Crippen LogP contribution in [0.25, 0.3) is 11.1 Å². The molecule has 6 nitrogen and oxygen atoms in total. The zero-order chi connectivity index (χ0) is 18.2. The van der Waals surface area contributed by atoms with E-state index in [4.69, 9.17) is 9.15 Å². The number of nitrogens with one attached hydrogen (secondary N) is 1. The number of aromatic nitrogens is 2. The first-order valence-corrected chi connectivity index (χ1v) is 9.27. The fraction of sp³-hybridized carbons (Fsp3) is 0.286. The average molecular weight is 361 g/mol. The Balaban J connectivity index is 1.38. The molecule has 2 aromatic heterocycles. The van der Waals surface area contributed by atoms with E-state index in [-0.39, 0.29) is 11.9 Å². The molecule has 0 radical (unpaired) electrons. The minimum Gasteiger partial charge on any atom is -0.493 e. The van der Waals surface area contributed by atoms with E-state index >= 15 is 0 Å². The zero-order valence-corrected chi connectivity index (χ0v) is 14.8. The number of pyridine rings is 1. The van der Waals surface area contributed by atoms with Crippen LogP contribution >= 0.6 is 0 Å². The lowest BCUT2D eigenvalue weighted by atomic mass is 10.0. The molecule has 0 saturated carbocycles. The molecule has 3 aromatic rings. The van der Waals surface area contributed by atoms with Gasteiger partial charge in [0.15, 0.2) is 0 Å². The SMILES string of the molecule is O=C(Nc1nc2c(o1)CCCC2)c1cncc(-c2ccc3c(c2)CCO3)c1. The molecule has 5 rings (SSSR count). The Morgan fingerprint density at radius 2 is 1.96 bits per heavy atom. The second kappa shape index (κ2) is 6.54. The van der Waals surface area contributed by atoms with E-state index < -0.39 is 0 Å². The molecule has 27 heavy (non-hydrogen) atoms. The third kappa shape index (κ3) is 3.07. The molecule has 1 amide bonds. The molecule has 0 unspecified atom stereocenters. The summed E-state index contributed by atoms with van der Waals surface area (Å²) in [6.07, 6.45) is 8.24. The van der Waals surface area contributed by atoms with Crippen molar-refractivity contribution in [2.24, 2.45) is 0 Å². The summed E-state index contributed by atoms with van der Waals surface area (Å²) in [4.78, 5) is 21.3. The first kappa shape index (κ1) is 16.1. The molecule has 6 heteroatoms. The molecule has 0 atom stereocenters. The van der Waals surface area contributed by atoms with Crippen molar-refractivity contribution in [3.05, 3.63) is 59.2 Å². The van der Waals surface area contributed by atoms with Crippen LogP contribution in [0.1, 0.15) is 40.2 Å². The van der Waals surface area contributed by atoms with Crippen molar-refractivity contribution in [3.8, 4) is 16.9 Å². The second-order valence-corrected chi connectivity index (χ2v) is 6.93. The molecule has 0 fully saturated rings. The number of hydrogen-bond acceptors (Lipinski definition) is 5. The van der Waals surface area contributed by atoms with Crippen LogP contribution in [0.3, 0.4) is 0 Å². The van der Waals surface area contributed by atoms with E-state index in [1.54, 1.807) is 12.4 Å². The van der Waals surface area contributed by atoms with E-state index in [1.165, 1.54) is 5.56 Å². The Kier molecular flexibility index (Phi) is 3.89. The van der Waals surface area contributed by atoms with Gasteiger partial charge in [-0.15, -0.1) is 0 Å². The van der Waals surface area contributed by atoms with E-state index in [1.807, 2.05) is 18.2 Å². The molecule has 2 aliphatic rings. The van der Waals surface area contributed by atoms with Gasteiger partial charge in [0.1, 0.15) is 11.5 Å². The van der Waals surface area contributed by atoms with Gasteiger partial charge in [0.2, 0.25) is 0 Å². The van der Waals surface area contributed by atoms with Crippen LogP contribution in [-0.2, 0) is 19.3 Å². The number of fused-ring (bicyclic) bond motifs is 2. The van der Waals surface area contributed by atoms with Gasteiger partial charge in [-0.2, -0.15) is 4.98 Å². The lowest BCUT2D eigenvalue weighted by Gasteiger charge is -2.06. The molecular formula is C21H19N3O3. The zero-order valence-electron chi connectivity index (χ0n) is 14.8. The van der Waals surface area contributed by atoms with Crippen molar-refractivity contribution < 1.29 is 13.9 Å². The molecule has 0 saturated heterocycles. The fourth-order valence-electron chi connectivity index (χ4n) is 3.66. The number of amides is 1. The van der Waals surface area contributed by atoms with E-state index in [0.717, 1.165) is 67.0 Å². The maximum absolute atomic E-state index is 12.6. The lowest BCUT2D eigenvalue weighted by Crippen LogP contribution is -2.12. The number of nitrogens with zero attached hydrogens (tertiary/aromatic N) is 2. The van der Waals surface area contributed by atoms with Crippen molar-refractivity contribution in [1.29, 1.82) is 0 Å².